The molecule has 0 radical (unpaired) electrons. The van der Waals surface area contributed by atoms with E-state index < -0.39 is 6.04 Å². The molecule has 0 bridgehead atoms. The van der Waals surface area contributed by atoms with Crippen molar-refractivity contribution in [1.82, 2.24) is 10.2 Å². The van der Waals surface area contributed by atoms with Gasteiger partial charge >= 0.3 is 0 Å². The number of carbonyl (C=O) groups excluding carboxylic acids is 2. The molecule has 6 heteroatoms. The number of hydrogen-bond acceptors (Lipinski definition) is 3. The van der Waals surface area contributed by atoms with Crippen LogP contribution in [0.15, 0.2) is 48.5 Å². The molecule has 2 aromatic rings. The fraction of sp³-hybridized carbons (Fsp3) is 0.500. The molecule has 2 aromatic carbocycles. The van der Waals surface area contributed by atoms with Crippen LogP contribution in [0.1, 0.15) is 69.4 Å². The predicted octanol–water partition coefficient (Wildman–Crippen LogP) is 6.06. The van der Waals surface area contributed by atoms with E-state index in [-0.39, 0.29) is 17.9 Å². The largest absolute Gasteiger partial charge is 0.494 e. The molecule has 2 amide bonds. The number of rotatable bonds is 11. The second-order valence-corrected chi connectivity index (χ2v) is 9.56. The highest BCUT2D eigenvalue weighted by molar-refractivity contribution is 6.30. The molecular weight excluding hydrogens is 448 g/mol. The molecule has 1 aliphatic rings. The Balaban J connectivity index is 1.65. The predicted molar refractivity (Wildman–Crippen MR) is 137 cm³/mol. The maximum absolute atomic E-state index is 13.4. The van der Waals surface area contributed by atoms with E-state index in [1.54, 1.807) is 17.0 Å². The third-order valence-corrected chi connectivity index (χ3v) is 6.81. The fourth-order valence-corrected chi connectivity index (χ4v) is 4.65. The van der Waals surface area contributed by atoms with Crippen molar-refractivity contribution in [3.63, 3.8) is 0 Å². The molecule has 0 unspecified atom stereocenters. The second-order valence-electron chi connectivity index (χ2n) is 9.12. The Morgan fingerprint density at radius 1 is 1.09 bits per heavy atom. The van der Waals surface area contributed by atoms with Crippen LogP contribution in [-0.4, -0.2) is 35.4 Å². The molecule has 1 fully saturated rings. The van der Waals surface area contributed by atoms with Crippen LogP contribution in [0.25, 0.3) is 0 Å². The number of nitrogens with one attached hydrogen (secondary N) is 1. The van der Waals surface area contributed by atoms with Crippen LogP contribution in [0, 0.1) is 6.92 Å². The highest BCUT2D eigenvalue weighted by Gasteiger charge is 2.30. The van der Waals surface area contributed by atoms with E-state index in [1.807, 2.05) is 50.2 Å². The van der Waals surface area contributed by atoms with Gasteiger partial charge in [0.25, 0.3) is 0 Å². The minimum absolute atomic E-state index is 0.0198. The minimum atomic E-state index is -0.480. The quantitative estimate of drug-likeness (QED) is 0.394. The van der Waals surface area contributed by atoms with Gasteiger partial charge in [0.2, 0.25) is 11.8 Å². The number of ether oxygens (including phenoxy) is 1. The second kappa shape index (κ2) is 13.4. The molecule has 1 N–H and O–H groups in total. The maximum Gasteiger partial charge on any atom is 0.243 e. The molecule has 34 heavy (non-hydrogen) atoms. The lowest BCUT2D eigenvalue weighted by Crippen LogP contribution is -2.51. The Morgan fingerprint density at radius 3 is 2.47 bits per heavy atom. The van der Waals surface area contributed by atoms with Crippen molar-refractivity contribution in [2.75, 3.05) is 6.61 Å². The van der Waals surface area contributed by atoms with Gasteiger partial charge in [-0.2, -0.15) is 0 Å². The molecule has 0 aromatic heterocycles. The average molecular weight is 485 g/mol. The molecule has 0 saturated heterocycles. The Labute approximate surface area is 208 Å². The number of halogens is 1. The first kappa shape index (κ1) is 26.1. The molecule has 0 heterocycles. The van der Waals surface area contributed by atoms with Gasteiger partial charge < -0.3 is 15.0 Å². The molecule has 5 nitrogen and oxygen atoms in total. The number of hydrogen-bond donors (Lipinski definition) is 1. The van der Waals surface area contributed by atoms with Crippen LogP contribution in [0.5, 0.6) is 5.75 Å². The topological polar surface area (TPSA) is 58.6 Å². The first-order valence-corrected chi connectivity index (χ1v) is 12.9. The zero-order valence-electron chi connectivity index (χ0n) is 20.4. The SMILES string of the molecule is CC[C@H](C(=O)NC1CCCCC1)N(Cc1ccccc1C)C(=O)CCCOc1ccc(Cl)cc1. The van der Waals surface area contributed by atoms with Gasteiger partial charge in [-0.1, -0.05) is 62.1 Å². The summed E-state index contributed by atoms with van der Waals surface area (Å²) in [6.07, 6.45) is 7.07. The highest BCUT2D eigenvalue weighted by atomic mass is 35.5. The van der Waals surface area contributed by atoms with Crippen molar-refractivity contribution in [2.45, 2.75) is 83.8 Å². The summed E-state index contributed by atoms with van der Waals surface area (Å²) in [5, 5.41) is 3.89. The van der Waals surface area contributed by atoms with E-state index in [2.05, 4.69) is 5.32 Å². The monoisotopic (exact) mass is 484 g/mol. The molecule has 184 valence electrons. The van der Waals surface area contributed by atoms with Crippen molar-refractivity contribution >= 4 is 23.4 Å². The Hall–Kier alpha value is -2.53. The standard InChI is InChI=1S/C28H37ClN2O3/c1-3-26(28(33)30-24-12-5-4-6-13-24)31(20-22-11-8-7-10-21(22)2)27(32)14-9-19-34-25-17-15-23(29)16-18-25/h7-8,10-11,15-18,24,26H,3-6,9,12-14,19-20H2,1-2H3,(H,30,33)/t26-/m1/s1. The number of amides is 2. The van der Waals surface area contributed by atoms with E-state index in [9.17, 15) is 9.59 Å². The zero-order chi connectivity index (χ0) is 24.3. The summed E-state index contributed by atoms with van der Waals surface area (Å²) >= 11 is 5.92. The van der Waals surface area contributed by atoms with Crippen LogP contribution >= 0.6 is 11.6 Å². The molecule has 1 saturated carbocycles. The molecule has 1 atom stereocenters. The lowest BCUT2D eigenvalue weighted by molar-refractivity contribution is -0.142. The summed E-state index contributed by atoms with van der Waals surface area (Å²) < 4.78 is 5.75. The van der Waals surface area contributed by atoms with E-state index in [0.717, 1.165) is 42.6 Å². The molecule has 3 rings (SSSR count). The van der Waals surface area contributed by atoms with Crippen LogP contribution in [0.3, 0.4) is 0 Å². The number of benzene rings is 2. The Bertz CT molecular complexity index is 926. The summed E-state index contributed by atoms with van der Waals surface area (Å²) in [6, 6.07) is 15.0. The number of nitrogens with zero attached hydrogens (tertiary/aromatic N) is 1. The van der Waals surface area contributed by atoms with E-state index >= 15 is 0 Å². The van der Waals surface area contributed by atoms with Crippen molar-refractivity contribution in [2.24, 2.45) is 0 Å². The van der Waals surface area contributed by atoms with Gasteiger partial charge in [-0.05, 0) is 68.0 Å². The number of carbonyl (C=O) groups is 2. The van der Waals surface area contributed by atoms with Gasteiger partial charge in [0.05, 0.1) is 6.61 Å². The Kier molecular flexibility index (Phi) is 10.3. The Morgan fingerprint density at radius 2 is 1.79 bits per heavy atom. The van der Waals surface area contributed by atoms with Gasteiger partial charge in [-0.25, -0.2) is 0 Å². The summed E-state index contributed by atoms with van der Waals surface area (Å²) in [4.78, 5) is 28.4. The summed E-state index contributed by atoms with van der Waals surface area (Å²) in [7, 11) is 0. The molecular formula is C28H37ClN2O3. The van der Waals surface area contributed by atoms with E-state index in [0.29, 0.717) is 37.4 Å². The summed E-state index contributed by atoms with van der Waals surface area (Å²) in [5.41, 5.74) is 2.19. The third kappa shape index (κ3) is 7.76. The minimum Gasteiger partial charge on any atom is -0.494 e. The van der Waals surface area contributed by atoms with Gasteiger partial charge in [-0.3, -0.25) is 9.59 Å². The van der Waals surface area contributed by atoms with Crippen LogP contribution in [0.4, 0.5) is 0 Å². The van der Waals surface area contributed by atoms with Crippen LogP contribution < -0.4 is 10.1 Å². The zero-order valence-corrected chi connectivity index (χ0v) is 21.2. The lowest BCUT2D eigenvalue weighted by Gasteiger charge is -2.33. The average Bonchev–Trinajstić information content (AvgIpc) is 2.84. The van der Waals surface area contributed by atoms with E-state index in [1.165, 1.54) is 6.42 Å². The van der Waals surface area contributed by atoms with Gasteiger partial charge in [0.1, 0.15) is 11.8 Å². The fourth-order valence-electron chi connectivity index (χ4n) is 4.52. The van der Waals surface area contributed by atoms with Crippen molar-refractivity contribution in [3.05, 3.63) is 64.7 Å². The van der Waals surface area contributed by atoms with Crippen LogP contribution in [-0.2, 0) is 16.1 Å². The smallest absolute Gasteiger partial charge is 0.243 e. The third-order valence-electron chi connectivity index (χ3n) is 6.56. The first-order valence-electron chi connectivity index (χ1n) is 12.5. The van der Waals surface area contributed by atoms with E-state index in [4.69, 9.17) is 16.3 Å². The van der Waals surface area contributed by atoms with Gasteiger partial charge in [0.15, 0.2) is 0 Å². The molecule has 0 aliphatic heterocycles. The van der Waals surface area contributed by atoms with Crippen molar-refractivity contribution < 1.29 is 14.3 Å². The normalized spacial score (nSPS) is 14.9. The van der Waals surface area contributed by atoms with Crippen molar-refractivity contribution in [1.29, 1.82) is 0 Å². The summed E-state index contributed by atoms with van der Waals surface area (Å²) in [6.45, 7) is 4.88. The highest BCUT2D eigenvalue weighted by Crippen LogP contribution is 2.21. The summed E-state index contributed by atoms with van der Waals surface area (Å²) in [5.74, 6) is 0.675. The lowest BCUT2D eigenvalue weighted by atomic mass is 9.95. The van der Waals surface area contributed by atoms with Crippen molar-refractivity contribution in [3.8, 4) is 5.75 Å². The van der Waals surface area contributed by atoms with Gasteiger partial charge in [0, 0.05) is 24.0 Å². The molecule has 1 aliphatic carbocycles. The number of aryl methyl sites for hydroxylation is 1. The maximum atomic E-state index is 13.4. The molecule has 0 spiro atoms. The van der Waals surface area contributed by atoms with Crippen LogP contribution in [0.2, 0.25) is 5.02 Å². The first-order chi connectivity index (χ1) is 16.5. The van der Waals surface area contributed by atoms with Gasteiger partial charge in [-0.15, -0.1) is 0 Å².